The molecule has 0 amide bonds. The molecule has 1 aromatic carbocycles. The maximum atomic E-state index is 6.07. The monoisotopic (exact) mass is 313 g/mol. The van der Waals surface area contributed by atoms with Gasteiger partial charge in [-0.15, -0.1) is 0 Å². The van der Waals surface area contributed by atoms with Gasteiger partial charge in [0.25, 0.3) is 6.01 Å². The molecule has 1 N–H and O–H groups in total. The third-order valence-corrected chi connectivity index (χ3v) is 4.95. The van der Waals surface area contributed by atoms with Gasteiger partial charge in [0.05, 0.1) is 0 Å². The van der Waals surface area contributed by atoms with Gasteiger partial charge >= 0.3 is 0 Å². The van der Waals surface area contributed by atoms with Gasteiger partial charge in [0.2, 0.25) is 0 Å². The van der Waals surface area contributed by atoms with E-state index in [0.29, 0.717) is 6.04 Å². The fourth-order valence-corrected chi connectivity index (χ4v) is 3.70. The minimum atomic E-state index is 0.401. The van der Waals surface area contributed by atoms with Crippen LogP contribution in [-0.2, 0) is 0 Å². The number of aryl methyl sites for hydroxylation is 1. The van der Waals surface area contributed by atoms with Crippen LogP contribution in [0.4, 0.5) is 6.01 Å². The lowest BCUT2D eigenvalue weighted by Gasteiger charge is -2.32. The lowest BCUT2D eigenvalue weighted by Crippen LogP contribution is -2.50. The maximum absolute atomic E-state index is 6.07. The van der Waals surface area contributed by atoms with Crippen LogP contribution in [0.3, 0.4) is 0 Å². The molecular weight excluding hydrogens is 294 g/mol. The SMILES string of the molecule is Cc1cc(-c2ccsc2)cc2nc(N3CCNCC3C)oc12. The van der Waals surface area contributed by atoms with Gasteiger partial charge in [-0.1, -0.05) is 0 Å². The van der Waals surface area contributed by atoms with E-state index in [2.05, 4.69) is 53.0 Å². The molecule has 1 unspecified atom stereocenters. The molecule has 0 saturated carbocycles. The molecule has 2 aromatic heterocycles. The predicted octanol–water partition coefficient (Wildman–Crippen LogP) is 3.66. The molecule has 0 aliphatic carbocycles. The zero-order chi connectivity index (χ0) is 15.1. The van der Waals surface area contributed by atoms with Gasteiger partial charge in [-0.3, -0.25) is 0 Å². The highest BCUT2D eigenvalue weighted by atomic mass is 32.1. The van der Waals surface area contributed by atoms with Gasteiger partial charge < -0.3 is 14.6 Å². The Morgan fingerprint density at radius 1 is 1.36 bits per heavy atom. The Morgan fingerprint density at radius 3 is 3.05 bits per heavy atom. The molecule has 1 aliphatic rings. The van der Waals surface area contributed by atoms with E-state index in [4.69, 9.17) is 9.40 Å². The normalized spacial score (nSPS) is 19.0. The average molecular weight is 313 g/mol. The van der Waals surface area contributed by atoms with Crippen molar-refractivity contribution >= 4 is 28.5 Å². The Hall–Kier alpha value is -1.85. The summed E-state index contributed by atoms with van der Waals surface area (Å²) in [6.45, 7) is 7.17. The summed E-state index contributed by atoms with van der Waals surface area (Å²) >= 11 is 1.71. The highest BCUT2D eigenvalue weighted by Gasteiger charge is 2.23. The van der Waals surface area contributed by atoms with Crippen molar-refractivity contribution in [3.8, 4) is 11.1 Å². The molecule has 1 saturated heterocycles. The molecule has 1 atom stereocenters. The van der Waals surface area contributed by atoms with Crippen molar-refractivity contribution < 1.29 is 4.42 Å². The van der Waals surface area contributed by atoms with Crippen LogP contribution >= 0.6 is 11.3 Å². The number of thiophene rings is 1. The Morgan fingerprint density at radius 2 is 2.27 bits per heavy atom. The smallest absolute Gasteiger partial charge is 0.298 e. The summed E-state index contributed by atoms with van der Waals surface area (Å²) in [5.41, 5.74) is 5.44. The average Bonchev–Trinajstić information content (AvgIpc) is 3.17. The van der Waals surface area contributed by atoms with Gasteiger partial charge in [-0.2, -0.15) is 16.3 Å². The van der Waals surface area contributed by atoms with E-state index in [1.54, 1.807) is 11.3 Å². The molecular formula is C17H19N3OS. The maximum Gasteiger partial charge on any atom is 0.298 e. The minimum Gasteiger partial charge on any atom is -0.423 e. The lowest BCUT2D eigenvalue weighted by molar-refractivity contribution is 0.456. The summed E-state index contributed by atoms with van der Waals surface area (Å²) in [4.78, 5) is 7.00. The minimum absolute atomic E-state index is 0.401. The number of aromatic nitrogens is 1. The van der Waals surface area contributed by atoms with Crippen LogP contribution < -0.4 is 10.2 Å². The number of oxazole rings is 1. The number of benzene rings is 1. The summed E-state index contributed by atoms with van der Waals surface area (Å²) in [7, 11) is 0. The Bertz CT molecular complexity index is 794. The number of rotatable bonds is 2. The first kappa shape index (κ1) is 13.8. The molecule has 3 heterocycles. The second kappa shape index (κ2) is 5.41. The molecule has 3 aromatic rings. The number of anilines is 1. The highest BCUT2D eigenvalue weighted by Crippen LogP contribution is 2.31. The molecule has 1 aliphatic heterocycles. The first-order chi connectivity index (χ1) is 10.7. The zero-order valence-corrected chi connectivity index (χ0v) is 13.6. The predicted molar refractivity (Wildman–Crippen MR) is 91.7 cm³/mol. The molecule has 0 bridgehead atoms. The number of piperazine rings is 1. The highest BCUT2D eigenvalue weighted by molar-refractivity contribution is 7.08. The number of fused-ring (bicyclic) bond motifs is 1. The number of hydrogen-bond donors (Lipinski definition) is 1. The van der Waals surface area contributed by atoms with Gasteiger partial charge in [0.1, 0.15) is 5.52 Å². The Labute approximate surface area is 133 Å². The van der Waals surface area contributed by atoms with Crippen LogP contribution in [0.15, 0.2) is 33.4 Å². The second-order valence-corrected chi connectivity index (χ2v) is 6.68. The summed E-state index contributed by atoms with van der Waals surface area (Å²) in [5, 5.41) is 7.67. The molecule has 1 fully saturated rings. The van der Waals surface area contributed by atoms with Crippen molar-refractivity contribution in [2.75, 3.05) is 24.5 Å². The topological polar surface area (TPSA) is 41.3 Å². The van der Waals surface area contributed by atoms with Crippen LogP contribution in [-0.4, -0.2) is 30.7 Å². The number of nitrogens with zero attached hydrogens (tertiary/aromatic N) is 2. The van der Waals surface area contributed by atoms with Crippen molar-refractivity contribution in [2.45, 2.75) is 19.9 Å². The van der Waals surface area contributed by atoms with Crippen molar-refractivity contribution in [2.24, 2.45) is 0 Å². The summed E-state index contributed by atoms with van der Waals surface area (Å²) in [6.07, 6.45) is 0. The molecule has 5 heteroatoms. The molecule has 114 valence electrons. The van der Waals surface area contributed by atoms with Crippen LogP contribution in [0.25, 0.3) is 22.2 Å². The van der Waals surface area contributed by atoms with Gasteiger partial charge in [-0.25, -0.2) is 0 Å². The van der Waals surface area contributed by atoms with E-state index in [9.17, 15) is 0 Å². The molecule has 4 rings (SSSR count). The van der Waals surface area contributed by atoms with Crippen LogP contribution in [0.5, 0.6) is 0 Å². The molecule has 0 spiro atoms. The van der Waals surface area contributed by atoms with Crippen molar-refractivity contribution in [3.05, 3.63) is 34.5 Å². The third-order valence-electron chi connectivity index (χ3n) is 4.27. The third kappa shape index (κ3) is 2.30. The van der Waals surface area contributed by atoms with E-state index in [1.165, 1.54) is 11.1 Å². The van der Waals surface area contributed by atoms with E-state index < -0.39 is 0 Å². The Kier molecular flexibility index (Phi) is 3.39. The summed E-state index contributed by atoms with van der Waals surface area (Å²) in [6, 6.07) is 7.60. The zero-order valence-electron chi connectivity index (χ0n) is 12.8. The fraction of sp³-hybridized carbons (Fsp3) is 0.353. The van der Waals surface area contributed by atoms with Gasteiger partial charge in [0.15, 0.2) is 5.58 Å². The second-order valence-electron chi connectivity index (χ2n) is 5.90. The largest absolute Gasteiger partial charge is 0.423 e. The van der Waals surface area contributed by atoms with Crippen molar-refractivity contribution in [1.29, 1.82) is 0 Å². The Balaban J connectivity index is 1.78. The molecule has 22 heavy (non-hydrogen) atoms. The quantitative estimate of drug-likeness (QED) is 0.784. The van der Waals surface area contributed by atoms with Crippen molar-refractivity contribution in [3.63, 3.8) is 0 Å². The number of nitrogens with one attached hydrogen (secondary N) is 1. The first-order valence-corrected chi connectivity index (χ1v) is 8.58. The first-order valence-electron chi connectivity index (χ1n) is 7.63. The summed E-state index contributed by atoms with van der Waals surface area (Å²) < 4.78 is 6.07. The van der Waals surface area contributed by atoms with Crippen LogP contribution in [0.2, 0.25) is 0 Å². The van der Waals surface area contributed by atoms with Crippen molar-refractivity contribution in [1.82, 2.24) is 10.3 Å². The fourth-order valence-electron chi connectivity index (χ4n) is 3.03. The van der Waals surface area contributed by atoms with E-state index in [0.717, 1.165) is 42.3 Å². The summed E-state index contributed by atoms with van der Waals surface area (Å²) in [5.74, 6) is 0. The van der Waals surface area contributed by atoms with E-state index >= 15 is 0 Å². The standard InChI is InChI=1S/C17H19N3OS/c1-11-7-14(13-3-6-22-10-13)8-15-16(11)21-17(19-15)20-5-4-18-9-12(20)2/h3,6-8,10,12,18H,4-5,9H2,1-2H3. The van der Waals surface area contributed by atoms with E-state index in [1.807, 2.05) is 0 Å². The van der Waals surface area contributed by atoms with E-state index in [-0.39, 0.29) is 0 Å². The number of hydrogen-bond acceptors (Lipinski definition) is 5. The lowest BCUT2D eigenvalue weighted by atomic mass is 10.1. The van der Waals surface area contributed by atoms with Gasteiger partial charge in [-0.05, 0) is 59.5 Å². The van der Waals surface area contributed by atoms with Crippen LogP contribution in [0, 0.1) is 6.92 Å². The molecule has 0 radical (unpaired) electrons. The van der Waals surface area contributed by atoms with Gasteiger partial charge in [0, 0.05) is 25.7 Å². The van der Waals surface area contributed by atoms with Crippen LogP contribution in [0.1, 0.15) is 12.5 Å². The molecule has 4 nitrogen and oxygen atoms in total.